The molecule has 2 aromatic carbocycles. The number of piperazine rings is 1. The molecule has 1 aliphatic heterocycles. The van der Waals surface area contributed by atoms with Gasteiger partial charge in [-0.2, -0.15) is 13.2 Å². The highest BCUT2D eigenvalue weighted by Gasteiger charge is 2.34. The number of nitrogens with zero attached hydrogens (tertiary/aromatic N) is 3. The van der Waals surface area contributed by atoms with E-state index in [0.29, 0.717) is 30.0 Å². The van der Waals surface area contributed by atoms with Crippen LogP contribution in [0.15, 0.2) is 54.7 Å². The molecule has 38 heavy (non-hydrogen) atoms. The van der Waals surface area contributed by atoms with E-state index < -0.39 is 17.6 Å². The topological polar surface area (TPSA) is 83.7 Å². The molecule has 0 atom stereocenters. The molecule has 1 aromatic heterocycles. The fourth-order valence-corrected chi connectivity index (χ4v) is 4.09. The second-order valence-electron chi connectivity index (χ2n) is 9.04. The third kappa shape index (κ3) is 6.82. The summed E-state index contributed by atoms with van der Waals surface area (Å²) in [6.07, 6.45) is -3.01. The molecule has 0 saturated carbocycles. The van der Waals surface area contributed by atoms with Crippen LogP contribution in [0.2, 0.25) is 0 Å². The number of alkyl halides is 3. The van der Waals surface area contributed by atoms with Crippen molar-refractivity contribution < 1.29 is 22.7 Å². The summed E-state index contributed by atoms with van der Waals surface area (Å²) in [5.41, 5.74) is 6.46. The third-order valence-electron chi connectivity index (χ3n) is 6.25. The molecule has 2 heterocycles. The number of pyridine rings is 1. The number of nitrogens with one attached hydrogen (secondary N) is 1. The average Bonchev–Trinajstić information content (AvgIpc) is 2.89. The molecular formula is C28H28F3N5O2. The minimum Gasteiger partial charge on any atom is -0.497 e. The number of rotatable bonds is 5. The van der Waals surface area contributed by atoms with Crippen molar-refractivity contribution in [2.45, 2.75) is 12.7 Å². The Hall–Kier alpha value is -4.07. The first kappa shape index (κ1) is 27.0. The maximum Gasteiger partial charge on any atom is 0.416 e. The van der Waals surface area contributed by atoms with Crippen LogP contribution in [0.4, 0.5) is 24.7 Å². The predicted molar refractivity (Wildman–Crippen MR) is 140 cm³/mol. The number of nitrogens with two attached hydrogens (primary N) is 1. The Labute approximate surface area is 219 Å². The van der Waals surface area contributed by atoms with Crippen LogP contribution in [0.3, 0.4) is 0 Å². The summed E-state index contributed by atoms with van der Waals surface area (Å²) in [5, 5.41) is 2.58. The molecule has 1 saturated heterocycles. The standard InChI is InChI=1S/C28H28F3N5O2/c1-35-10-12-36(13-11-35)18-21-7-8-23(17-25(21)28(29,30)31)34-27(37)22-14-19(15-24(16-22)38-2)5-6-20-4-3-9-33-26(20)32/h3-4,7-9,14-17H,10-13,18H2,1-2H3,(H2,32,33)(H,34,37). The molecule has 3 aromatic rings. The van der Waals surface area contributed by atoms with E-state index in [1.165, 1.54) is 31.4 Å². The molecule has 7 nitrogen and oxygen atoms in total. The molecule has 0 unspecified atom stereocenters. The van der Waals surface area contributed by atoms with E-state index in [4.69, 9.17) is 10.5 Å². The molecular weight excluding hydrogens is 495 g/mol. The fraction of sp³-hybridized carbons (Fsp3) is 0.286. The largest absolute Gasteiger partial charge is 0.497 e. The van der Waals surface area contributed by atoms with Crippen molar-refractivity contribution in [2.75, 3.05) is 51.4 Å². The Bertz CT molecular complexity index is 1370. The molecule has 4 rings (SSSR count). The Kier molecular flexibility index (Phi) is 8.20. The van der Waals surface area contributed by atoms with Crippen molar-refractivity contribution in [1.82, 2.24) is 14.8 Å². The summed E-state index contributed by atoms with van der Waals surface area (Å²) in [6, 6.07) is 12.0. The fourth-order valence-electron chi connectivity index (χ4n) is 4.09. The van der Waals surface area contributed by atoms with Gasteiger partial charge in [-0.1, -0.05) is 17.9 Å². The number of amides is 1. The van der Waals surface area contributed by atoms with E-state index in [-0.39, 0.29) is 29.2 Å². The van der Waals surface area contributed by atoms with Gasteiger partial charge >= 0.3 is 6.18 Å². The van der Waals surface area contributed by atoms with Crippen LogP contribution in [-0.4, -0.2) is 61.0 Å². The number of benzene rings is 2. The van der Waals surface area contributed by atoms with Gasteiger partial charge in [0.1, 0.15) is 11.6 Å². The van der Waals surface area contributed by atoms with Crippen LogP contribution in [-0.2, 0) is 12.7 Å². The first-order valence-electron chi connectivity index (χ1n) is 12.0. The monoisotopic (exact) mass is 523 g/mol. The number of ether oxygens (including phenoxy) is 1. The summed E-state index contributed by atoms with van der Waals surface area (Å²) in [7, 11) is 3.44. The van der Waals surface area contributed by atoms with Crippen molar-refractivity contribution in [2.24, 2.45) is 0 Å². The third-order valence-corrected chi connectivity index (χ3v) is 6.25. The molecule has 0 aliphatic carbocycles. The van der Waals surface area contributed by atoms with E-state index in [2.05, 4.69) is 27.0 Å². The van der Waals surface area contributed by atoms with Crippen LogP contribution >= 0.6 is 0 Å². The van der Waals surface area contributed by atoms with Crippen molar-refractivity contribution in [1.29, 1.82) is 0 Å². The van der Waals surface area contributed by atoms with Crippen molar-refractivity contribution in [3.8, 4) is 17.6 Å². The molecule has 0 spiro atoms. The van der Waals surface area contributed by atoms with Crippen molar-refractivity contribution in [3.05, 3.63) is 82.5 Å². The van der Waals surface area contributed by atoms with Gasteiger partial charge in [0, 0.05) is 55.7 Å². The minimum atomic E-state index is -4.56. The second-order valence-corrected chi connectivity index (χ2v) is 9.04. The van der Waals surface area contributed by atoms with Crippen LogP contribution in [0.1, 0.15) is 32.6 Å². The lowest BCUT2D eigenvalue weighted by atomic mass is 10.0. The second kappa shape index (κ2) is 11.5. The Balaban J connectivity index is 1.56. The number of methoxy groups -OCH3 is 1. The maximum absolute atomic E-state index is 13.9. The maximum atomic E-state index is 13.9. The van der Waals surface area contributed by atoms with Gasteiger partial charge in [0.15, 0.2) is 0 Å². The van der Waals surface area contributed by atoms with E-state index in [1.54, 1.807) is 24.4 Å². The molecule has 1 amide bonds. The molecule has 0 radical (unpaired) electrons. The molecule has 3 N–H and O–H groups in total. The van der Waals surface area contributed by atoms with Gasteiger partial charge in [-0.25, -0.2) is 4.98 Å². The van der Waals surface area contributed by atoms with Gasteiger partial charge in [-0.3, -0.25) is 9.69 Å². The van der Waals surface area contributed by atoms with E-state index in [0.717, 1.165) is 19.2 Å². The highest BCUT2D eigenvalue weighted by atomic mass is 19.4. The minimum absolute atomic E-state index is 0.0445. The number of aromatic nitrogens is 1. The first-order chi connectivity index (χ1) is 18.1. The van der Waals surface area contributed by atoms with E-state index >= 15 is 0 Å². The number of halogens is 3. The molecule has 1 aliphatic rings. The Morgan fingerprint density at radius 3 is 2.55 bits per heavy atom. The first-order valence-corrected chi connectivity index (χ1v) is 12.0. The number of carbonyl (C=O) groups is 1. The highest BCUT2D eigenvalue weighted by molar-refractivity contribution is 6.04. The number of anilines is 2. The Morgan fingerprint density at radius 1 is 1.11 bits per heavy atom. The predicted octanol–water partition coefficient (Wildman–Crippen LogP) is 4.09. The van der Waals surface area contributed by atoms with Gasteiger partial charge in [0.2, 0.25) is 0 Å². The molecule has 198 valence electrons. The van der Waals surface area contributed by atoms with Gasteiger partial charge in [0.05, 0.1) is 18.2 Å². The van der Waals surface area contributed by atoms with Crippen molar-refractivity contribution in [3.63, 3.8) is 0 Å². The van der Waals surface area contributed by atoms with E-state index in [1.807, 2.05) is 11.9 Å². The highest BCUT2D eigenvalue weighted by Crippen LogP contribution is 2.35. The molecule has 1 fully saturated rings. The number of nitrogen functional groups attached to an aromatic ring is 1. The van der Waals surface area contributed by atoms with Gasteiger partial charge in [0.25, 0.3) is 5.91 Å². The van der Waals surface area contributed by atoms with Gasteiger partial charge < -0.3 is 20.7 Å². The van der Waals surface area contributed by atoms with E-state index in [9.17, 15) is 18.0 Å². The number of carbonyl (C=O) groups excluding carboxylic acids is 1. The lowest BCUT2D eigenvalue weighted by Crippen LogP contribution is -2.44. The normalized spacial score (nSPS) is 14.4. The zero-order valence-corrected chi connectivity index (χ0v) is 21.1. The van der Waals surface area contributed by atoms with Crippen molar-refractivity contribution >= 4 is 17.4 Å². The number of likely N-dealkylation sites (N-methyl/N-ethyl adjacent to an activating group) is 1. The summed E-state index contributed by atoms with van der Waals surface area (Å²) < 4.78 is 47.1. The summed E-state index contributed by atoms with van der Waals surface area (Å²) >= 11 is 0. The summed E-state index contributed by atoms with van der Waals surface area (Å²) in [4.78, 5) is 21.1. The lowest BCUT2D eigenvalue weighted by molar-refractivity contribution is -0.138. The smallest absolute Gasteiger partial charge is 0.416 e. The zero-order chi connectivity index (χ0) is 27.3. The van der Waals surface area contributed by atoms with Crippen LogP contribution in [0.5, 0.6) is 5.75 Å². The summed E-state index contributed by atoms with van der Waals surface area (Å²) in [5.74, 6) is 5.89. The quantitative estimate of drug-likeness (QED) is 0.491. The number of hydrogen-bond acceptors (Lipinski definition) is 6. The van der Waals surface area contributed by atoms with Gasteiger partial charge in [-0.05, 0) is 55.1 Å². The SMILES string of the molecule is COc1cc(C#Cc2cccnc2N)cc(C(=O)Nc2ccc(CN3CCN(C)CC3)c(C(F)(F)F)c2)c1. The Morgan fingerprint density at radius 2 is 1.87 bits per heavy atom. The lowest BCUT2D eigenvalue weighted by Gasteiger charge is -2.33. The zero-order valence-electron chi connectivity index (χ0n) is 21.1. The van der Waals surface area contributed by atoms with Crippen LogP contribution in [0, 0.1) is 11.8 Å². The average molecular weight is 524 g/mol. The number of hydrogen-bond donors (Lipinski definition) is 2. The molecule has 0 bridgehead atoms. The summed E-state index contributed by atoms with van der Waals surface area (Å²) in [6.45, 7) is 3.19. The van der Waals surface area contributed by atoms with Crippen LogP contribution < -0.4 is 15.8 Å². The molecule has 10 heteroatoms. The van der Waals surface area contributed by atoms with Gasteiger partial charge in [-0.15, -0.1) is 0 Å². The van der Waals surface area contributed by atoms with Crippen LogP contribution in [0.25, 0.3) is 0 Å².